The molecule has 0 amide bonds. The Morgan fingerprint density at radius 3 is 2.64 bits per heavy atom. The summed E-state index contributed by atoms with van der Waals surface area (Å²) in [6.45, 7) is 5.80. The van der Waals surface area contributed by atoms with Gasteiger partial charge in [-0.2, -0.15) is 0 Å². The monoisotopic (exact) mass is 337 g/mol. The van der Waals surface area contributed by atoms with Gasteiger partial charge in [0.1, 0.15) is 5.76 Å². The molecule has 3 rings (SSSR count). The molecule has 132 valence electrons. The SMILES string of the molecule is CCNC(=NCCc1ccco1)N1CCC(=Cc2ccccc2)CC1. The van der Waals surface area contributed by atoms with E-state index in [1.165, 1.54) is 11.1 Å². The summed E-state index contributed by atoms with van der Waals surface area (Å²) in [6.07, 6.45) is 7.08. The first-order valence-corrected chi connectivity index (χ1v) is 9.15. The maximum Gasteiger partial charge on any atom is 0.193 e. The minimum absolute atomic E-state index is 0.749. The summed E-state index contributed by atoms with van der Waals surface area (Å²) in [5.74, 6) is 2.01. The number of guanidine groups is 1. The van der Waals surface area contributed by atoms with Gasteiger partial charge in [0.2, 0.25) is 0 Å². The van der Waals surface area contributed by atoms with Gasteiger partial charge in [-0.15, -0.1) is 0 Å². The maximum absolute atomic E-state index is 5.38. The van der Waals surface area contributed by atoms with Gasteiger partial charge < -0.3 is 14.6 Å². The number of hydrogen-bond acceptors (Lipinski definition) is 2. The van der Waals surface area contributed by atoms with Crippen molar-refractivity contribution in [2.24, 2.45) is 4.99 Å². The molecule has 1 aromatic heterocycles. The van der Waals surface area contributed by atoms with Crippen molar-refractivity contribution in [1.82, 2.24) is 10.2 Å². The molecule has 0 unspecified atom stereocenters. The molecule has 1 N–H and O–H groups in total. The molecule has 4 nitrogen and oxygen atoms in total. The van der Waals surface area contributed by atoms with E-state index < -0.39 is 0 Å². The first-order chi connectivity index (χ1) is 12.3. The second-order valence-electron chi connectivity index (χ2n) is 6.27. The van der Waals surface area contributed by atoms with Crippen molar-refractivity contribution in [3.63, 3.8) is 0 Å². The van der Waals surface area contributed by atoms with E-state index in [2.05, 4.69) is 53.5 Å². The zero-order chi connectivity index (χ0) is 17.3. The second-order valence-corrected chi connectivity index (χ2v) is 6.27. The van der Waals surface area contributed by atoms with Gasteiger partial charge in [-0.1, -0.05) is 42.0 Å². The van der Waals surface area contributed by atoms with Crippen molar-refractivity contribution < 1.29 is 4.42 Å². The summed E-state index contributed by atoms with van der Waals surface area (Å²) in [5.41, 5.74) is 2.82. The summed E-state index contributed by atoms with van der Waals surface area (Å²) in [6, 6.07) is 14.5. The number of hydrogen-bond donors (Lipinski definition) is 1. The second kappa shape index (κ2) is 9.11. The molecule has 0 spiro atoms. The topological polar surface area (TPSA) is 40.8 Å². The summed E-state index contributed by atoms with van der Waals surface area (Å²) < 4.78 is 5.38. The van der Waals surface area contributed by atoms with Crippen molar-refractivity contribution in [3.05, 3.63) is 65.6 Å². The van der Waals surface area contributed by atoms with Gasteiger partial charge in [0, 0.05) is 32.6 Å². The van der Waals surface area contributed by atoms with Crippen LogP contribution >= 0.6 is 0 Å². The molecule has 0 radical (unpaired) electrons. The zero-order valence-electron chi connectivity index (χ0n) is 14.9. The fraction of sp³-hybridized carbons (Fsp3) is 0.381. The van der Waals surface area contributed by atoms with Crippen molar-refractivity contribution in [2.45, 2.75) is 26.2 Å². The molecule has 1 aliphatic rings. The number of piperidine rings is 1. The Bertz CT molecular complexity index is 679. The molecule has 4 heteroatoms. The lowest BCUT2D eigenvalue weighted by molar-refractivity contribution is 0.375. The van der Waals surface area contributed by atoms with Gasteiger partial charge in [-0.25, -0.2) is 0 Å². The maximum atomic E-state index is 5.38. The Balaban J connectivity index is 1.55. The highest BCUT2D eigenvalue weighted by Gasteiger charge is 2.17. The van der Waals surface area contributed by atoms with E-state index in [0.29, 0.717) is 0 Å². The number of nitrogens with one attached hydrogen (secondary N) is 1. The van der Waals surface area contributed by atoms with Crippen molar-refractivity contribution in [1.29, 1.82) is 0 Å². The minimum Gasteiger partial charge on any atom is -0.469 e. The molecule has 25 heavy (non-hydrogen) atoms. The number of rotatable bonds is 5. The minimum atomic E-state index is 0.749. The lowest BCUT2D eigenvalue weighted by atomic mass is 10.0. The Kier molecular flexibility index (Phi) is 6.32. The molecule has 1 saturated heterocycles. The Morgan fingerprint density at radius 1 is 1.16 bits per heavy atom. The van der Waals surface area contributed by atoms with E-state index >= 15 is 0 Å². The third kappa shape index (κ3) is 5.24. The van der Waals surface area contributed by atoms with E-state index in [1.54, 1.807) is 6.26 Å². The van der Waals surface area contributed by atoms with Crippen LogP contribution in [0.2, 0.25) is 0 Å². The van der Waals surface area contributed by atoms with Crippen molar-refractivity contribution in [3.8, 4) is 0 Å². The van der Waals surface area contributed by atoms with Crippen LogP contribution in [0.25, 0.3) is 6.08 Å². The molecule has 0 saturated carbocycles. The predicted molar refractivity (Wildman–Crippen MR) is 104 cm³/mol. The number of nitrogens with zero attached hydrogens (tertiary/aromatic N) is 2. The lowest BCUT2D eigenvalue weighted by Crippen LogP contribution is -2.44. The number of aliphatic imine (C=N–C) groups is 1. The summed E-state index contributed by atoms with van der Waals surface area (Å²) >= 11 is 0. The van der Waals surface area contributed by atoms with Gasteiger partial charge in [0.15, 0.2) is 5.96 Å². The summed E-state index contributed by atoms with van der Waals surface area (Å²) in [5, 5.41) is 3.42. The highest BCUT2D eigenvalue weighted by Crippen LogP contribution is 2.19. The van der Waals surface area contributed by atoms with E-state index in [1.807, 2.05) is 12.1 Å². The fourth-order valence-electron chi connectivity index (χ4n) is 3.09. The molecule has 1 fully saturated rings. The normalized spacial score (nSPS) is 15.3. The van der Waals surface area contributed by atoms with Crippen LogP contribution in [0.5, 0.6) is 0 Å². The van der Waals surface area contributed by atoms with Gasteiger partial charge in [-0.3, -0.25) is 4.99 Å². The standard InChI is InChI=1S/C21H27N3O/c1-2-22-21(23-13-10-20-9-6-16-25-20)24-14-11-19(12-15-24)17-18-7-4-3-5-8-18/h3-9,16-17H,2,10-15H2,1H3,(H,22,23). The Hall–Kier alpha value is -2.49. The predicted octanol–water partition coefficient (Wildman–Crippen LogP) is 3.97. The van der Waals surface area contributed by atoms with E-state index in [-0.39, 0.29) is 0 Å². The number of likely N-dealkylation sites (tertiary alicyclic amines) is 1. The first kappa shape index (κ1) is 17.3. The number of furan rings is 1. The van der Waals surface area contributed by atoms with Crippen LogP contribution in [0.15, 0.2) is 63.7 Å². The van der Waals surface area contributed by atoms with E-state index in [4.69, 9.17) is 9.41 Å². The van der Waals surface area contributed by atoms with Gasteiger partial charge >= 0.3 is 0 Å². The molecule has 1 aromatic carbocycles. The van der Waals surface area contributed by atoms with Gasteiger partial charge in [0.25, 0.3) is 0 Å². The quantitative estimate of drug-likeness (QED) is 0.663. The molecule has 0 aliphatic carbocycles. The zero-order valence-corrected chi connectivity index (χ0v) is 14.9. The smallest absolute Gasteiger partial charge is 0.193 e. The van der Waals surface area contributed by atoms with E-state index in [9.17, 15) is 0 Å². The summed E-state index contributed by atoms with van der Waals surface area (Å²) in [4.78, 5) is 7.14. The average molecular weight is 337 g/mol. The van der Waals surface area contributed by atoms with Crippen LogP contribution in [-0.2, 0) is 6.42 Å². The molecule has 2 aromatic rings. The fourth-order valence-corrected chi connectivity index (χ4v) is 3.09. The van der Waals surface area contributed by atoms with Crippen LogP contribution in [0.3, 0.4) is 0 Å². The first-order valence-electron chi connectivity index (χ1n) is 9.15. The van der Waals surface area contributed by atoms with Crippen LogP contribution in [-0.4, -0.2) is 37.0 Å². The molecular weight excluding hydrogens is 310 g/mol. The van der Waals surface area contributed by atoms with Crippen LogP contribution in [0.1, 0.15) is 31.1 Å². The highest BCUT2D eigenvalue weighted by atomic mass is 16.3. The van der Waals surface area contributed by atoms with Crippen LogP contribution < -0.4 is 5.32 Å². The lowest BCUT2D eigenvalue weighted by Gasteiger charge is -2.31. The Morgan fingerprint density at radius 2 is 1.96 bits per heavy atom. The molecule has 0 atom stereocenters. The van der Waals surface area contributed by atoms with Gasteiger partial charge in [0.05, 0.1) is 6.26 Å². The van der Waals surface area contributed by atoms with Crippen LogP contribution in [0, 0.1) is 0 Å². The molecular formula is C21H27N3O. The summed E-state index contributed by atoms with van der Waals surface area (Å²) in [7, 11) is 0. The third-order valence-electron chi connectivity index (χ3n) is 4.41. The average Bonchev–Trinajstić information content (AvgIpc) is 3.16. The Labute approximate surface area is 150 Å². The molecule has 0 bridgehead atoms. The molecule has 2 heterocycles. The molecule has 1 aliphatic heterocycles. The number of benzene rings is 1. The van der Waals surface area contributed by atoms with E-state index in [0.717, 1.165) is 57.2 Å². The van der Waals surface area contributed by atoms with Crippen LogP contribution in [0.4, 0.5) is 0 Å². The highest BCUT2D eigenvalue weighted by molar-refractivity contribution is 5.80. The van der Waals surface area contributed by atoms with Crippen molar-refractivity contribution >= 4 is 12.0 Å². The third-order valence-corrected chi connectivity index (χ3v) is 4.41. The van der Waals surface area contributed by atoms with Crippen molar-refractivity contribution in [2.75, 3.05) is 26.2 Å². The largest absolute Gasteiger partial charge is 0.469 e. The van der Waals surface area contributed by atoms with Gasteiger partial charge in [-0.05, 0) is 37.5 Å².